The molecule has 0 aliphatic carbocycles. The van der Waals surface area contributed by atoms with E-state index in [4.69, 9.17) is 22.7 Å². The van der Waals surface area contributed by atoms with E-state index in [1.807, 2.05) is 0 Å². The first-order valence-corrected chi connectivity index (χ1v) is 6.47. The van der Waals surface area contributed by atoms with E-state index in [-0.39, 0.29) is 29.4 Å². The molecule has 1 unspecified atom stereocenters. The average Bonchev–Trinajstić information content (AvgIpc) is 2.37. The Labute approximate surface area is 118 Å². The summed E-state index contributed by atoms with van der Waals surface area (Å²) in [5, 5.41) is 0. The van der Waals surface area contributed by atoms with Crippen molar-refractivity contribution in [3.05, 3.63) is 0 Å². The summed E-state index contributed by atoms with van der Waals surface area (Å²) in [6, 6.07) is 0. The van der Waals surface area contributed by atoms with Crippen molar-refractivity contribution in [2.45, 2.75) is 26.4 Å². The lowest BCUT2D eigenvalue weighted by atomic mass is 9.91. The molecule has 0 aromatic carbocycles. The SMILES string of the molecule is COC(=O)CC1CN(C(=O)C(C)(C)C(N)=S)CCO1. The maximum Gasteiger partial charge on any atom is 0.308 e. The van der Waals surface area contributed by atoms with E-state index >= 15 is 0 Å². The third-order valence-electron chi connectivity index (χ3n) is 3.20. The van der Waals surface area contributed by atoms with Gasteiger partial charge in [-0.1, -0.05) is 12.2 Å². The summed E-state index contributed by atoms with van der Waals surface area (Å²) >= 11 is 4.92. The number of rotatable bonds is 4. The van der Waals surface area contributed by atoms with Crippen molar-refractivity contribution in [3.63, 3.8) is 0 Å². The van der Waals surface area contributed by atoms with Crippen molar-refractivity contribution < 1.29 is 19.1 Å². The van der Waals surface area contributed by atoms with Gasteiger partial charge in [0.15, 0.2) is 0 Å². The molecule has 2 N–H and O–H groups in total. The van der Waals surface area contributed by atoms with E-state index in [2.05, 4.69) is 4.74 Å². The Morgan fingerprint density at radius 1 is 1.53 bits per heavy atom. The first kappa shape index (κ1) is 15.8. The molecule has 19 heavy (non-hydrogen) atoms. The fraction of sp³-hybridized carbons (Fsp3) is 0.750. The highest BCUT2D eigenvalue weighted by Gasteiger charge is 2.37. The molecule has 1 rings (SSSR count). The Balaban J connectivity index is 2.67. The van der Waals surface area contributed by atoms with Crippen LogP contribution < -0.4 is 5.73 Å². The van der Waals surface area contributed by atoms with Crippen LogP contribution in [-0.4, -0.2) is 54.7 Å². The smallest absolute Gasteiger partial charge is 0.308 e. The number of nitrogens with two attached hydrogens (primary N) is 1. The van der Waals surface area contributed by atoms with Crippen LogP contribution in [0.2, 0.25) is 0 Å². The number of nitrogens with zero attached hydrogens (tertiary/aromatic N) is 1. The fourth-order valence-corrected chi connectivity index (χ4v) is 1.88. The van der Waals surface area contributed by atoms with Crippen LogP contribution >= 0.6 is 12.2 Å². The molecule has 1 aliphatic heterocycles. The minimum atomic E-state index is -0.886. The molecule has 1 heterocycles. The number of morpholine rings is 1. The summed E-state index contributed by atoms with van der Waals surface area (Å²) in [6.45, 7) is 4.61. The maximum absolute atomic E-state index is 12.3. The molecule has 7 heteroatoms. The number of thiocarbonyl (C=S) groups is 1. The third kappa shape index (κ3) is 3.87. The number of carbonyl (C=O) groups is 2. The molecule has 1 fully saturated rings. The quantitative estimate of drug-likeness (QED) is 0.583. The van der Waals surface area contributed by atoms with Crippen LogP contribution in [0.1, 0.15) is 20.3 Å². The minimum Gasteiger partial charge on any atom is -0.469 e. The molecule has 0 spiro atoms. The zero-order valence-corrected chi connectivity index (χ0v) is 12.3. The summed E-state index contributed by atoms with van der Waals surface area (Å²) in [5.74, 6) is -0.494. The van der Waals surface area contributed by atoms with E-state index in [1.54, 1.807) is 18.7 Å². The van der Waals surface area contributed by atoms with Crippen molar-refractivity contribution in [2.75, 3.05) is 26.8 Å². The standard InChI is InChI=1S/C12H20N2O4S/c1-12(2,10(13)19)11(16)14-4-5-18-8(7-14)6-9(15)17-3/h8H,4-7H2,1-3H3,(H2,13,19). The number of ether oxygens (including phenoxy) is 2. The summed E-state index contributed by atoms with van der Waals surface area (Å²) in [7, 11) is 1.32. The average molecular weight is 288 g/mol. The number of hydrogen-bond donors (Lipinski definition) is 1. The van der Waals surface area contributed by atoms with E-state index in [0.29, 0.717) is 19.7 Å². The van der Waals surface area contributed by atoms with E-state index < -0.39 is 5.41 Å². The fourth-order valence-electron chi connectivity index (χ4n) is 1.80. The van der Waals surface area contributed by atoms with Gasteiger partial charge in [0.1, 0.15) is 0 Å². The largest absolute Gasteiger partial charge is 0.469 e. The van der Waals surface area contributed by atoms with Gasteiger partial charge in [-0.15, -0.1) is 0 Å². The van der Waals surface area contributed by atoms with Crippen LogP contribution in [0.15, 0.2) is 0 Å². The molecule has 1 atom stereocenters. The van der Waals surface area contributed by atoms with Gasteiger partial charge in [-0.25, -0.2) is 0 Å². The van der Waals surface area contributed by atoms with Crippen LogP contribution in [0, 0.1) is 5.41 Å². The Morgan fingerprint density at radius 3 is 2.68 bits per heavy atom. The molecular weight excluding hydrogens is 268 g/mol. The molecule has 0 bridgehead atoms. The van der Waals surface area contributed by atoms with Gasteiger partial charge in [0.05, 0.1) is 36.6 Å². The van der Waals surface area contributed by atoms with Crippen LogP contribution in [0.3, 0.4) is 0 Å². The van der Waals surface area contributed by atoms with Crippen molar-refractivity contribution in [3.8, 4) is 0 Å². The predicted octanol–water partition coefficient (Wildman–Crippen LogP) is 0.0892. The molecule has 1 amide bonds. The molecular formula is C12H20N2O4S. The summed E-state index contributed by atoms with van der Waals surface area (Å²) in [4.78, 5) is 25.4. The lowest BCUT2D eigenvalue weighted by Crippen LogP contribution is -2.53. The molecule has 108 valence electrons. The Morgan fingerprint density at radius 2 is 2.16 bits per heavy atom. The van der Waals surface area contributed by atoms with Crippen LogP contribution in [-0.2, 0) is 19.1 Å². The van der Waals surface area contributed by atoms with Gasteiger partial charge >= 0.3 is 5.97 Å². The van der Waals surface area contributed by atoms with E-state index in [0.717, 1.165) is 0 Å². The first-order valence-electron chi connectivity index (χ1n) is 6.06. The van der Waals surface area contributed by atoms with Crippen LogP contribution in [0.5, 0.6) is 0 Å². The normalized spacial score (nSPS) is 19.9. The first-order chi connectivity index (χ1) is 8.78. The highest BCUT2D eigenvalue weighted by atomic mass is 32.1. The number of methoxy groups -OCH3 is 1. The van der Waals surface area contributed by atoms with Gasteiger partial charge in [-0.3, -0.25) is 9.59 Å². The van der Waals surface area contributed by atoms with Crippen molar-refractivity contribution in [1.82, 2.24) is 4.90 Å². The second kappa shape index (κ2) is 6.29. The molecule has 0 saturated carbocycles. The highest BCUT2D eigenvalue weighted by Crippen LogP contribution is 2.21. The van der Waals surface area contributed by atoms with Crippen molar-refractivity contribution in [1.29, 1.82) is 0 Å². The number of amides is 1. The molecule has 1 aliphatic rings. The Kier molecular flexibility index (Phi) is 5.25. The lowest BCUT2D eigenvalue weighted by molar-refractivity contribution is -0.152. The second-order valence-corrected chi connectivity index (χ2v) is 5.45. The molecule has 0 radical (unpaired) electrons. The van der Waals surface area contributed by atoms with Crippen molar-refractivity contribution in [2.24, 2.45) is 11.1 Å². The third-order valence-corrected chi connectivity index (χ3v) is 3.71. The van der Waals surface area contributed by atoms with Crippen LogP contribution in [0.25, 0.3) is 0 Å². The maximum atomic E-state index is 12.3. The van der Waals surface area contributed by atoms with Gasteiger partial charge in [0.25, 0.3) is 0 Å². The van der Waals surface area contributed by atoms with Gasteiger partial charge in [0, 0.05) is 13.1 Å². The Bertz CT molecular complexity index is 384. The van der Waals surface area contributed by atoms with E-state index in [1.165, 1.54) is 7.11 Å². The summed E-state index contributed by atoms with van der Waals surface area (Å²) in [6.07, 6.45) is -0.208. The zero-order chi connectivity index (χ0) is 14.6. The second-order valence-electron chi connectivity index (χ2n) is 5.01. The molecule has 6 nitrogen and oxygen atoms in total. The van der Waals surface area contributed by atoms with Crippen LogP contribution in [0.4, 0.5) is 0 Å². The van der Waals surface area contributed by atoms with Gasteiger partial charge in [-0.05, 0) is 13.8 Å². The molecule has 0 aromatic heterocycles. The molecule has 0 aromatic rings. The number of hydrogen-bond acceptors (Lipinski definition) is 5. The summed E-state index contributed by atoms with van der Waals surface area (Å²) < 4.78 is 10.0. The van der Waals surface area contributed by atoms with Crippen molar-refractivity contribution >= 4 is 29.1 Å². The van der Waals surface area contributed by atoms with E-state index in [9.17, 15) is 9.59 Å². The monoisotopic (exact) mass is 288 g/mol. The Hall–Kier alpha value is -1.21. The number of esters is 1. The van der Waals surface area contributed by atoms with Gasteiger partial charge in [-0.2, -0.15) is 0 Å². The zero-order valence-electron chi connectivity index (χ0n) is 11.5. The lowest BCUT2D eigenvalue weighted by Gasteiger charge is -2.37. The number of carbonyl (C=O) groups excluding carboxylic acids is 2. The topological polar surface area (TPSA) is 81.9 Å². The predicted molar refractivity (Wildman–Crippen MR) is 73.5 cm³/mol. The minimum absolute atomic E-state index is 0.133. The molecule has 1 saturated heterocycles. The van der Waals surface area contributed by atoms with Gasteiger partial charge < -0.3 is 20.1 Å². The summed E-state index contributed by atoms with van der Waals surface area (Å²) in [5.41, 5.74) is 4.71. The highest BCUT2D eigenvalue weighted by molar-refractivity contribution is 7.80. The van der Waals surface area contributed by atoms with Gasteiger partial charge in [0.2, 0.25) is 5.91 Å².